The summed E-state index contributed by atoms with van der Waals surface area (Å²) in [6.45, 7) is 1.55. The third kappa shape index (κ3) is 2.81. The first kappa shape index (κ1) is 12.7. The van der Waals surface area contributed by atoms with Crippen LogP contribution in [0.3, 0.4) is 0 Å². The lowest BCUT2D eigenvalue weighted by molar-refractivity contribution is 0.595. The number of anilines is 1. The summed E-state index contributed by atoms with van der Waals surface area (Å²) in [5, 5.41) is 0. The van der Waals surface area contributed by atoms with Crippen molar-refractivity contribution >= 4 is 38.3 Å². The van der Waals surface area contributed by atoms with Crippen molar-refractivity contribution in [1.82, 2.24) is 0 Å². The Morgan fingerprint density at radius 2 is 2.07 bits per heavy atom. The second-order valence-corrected chi connectivity index (χ2v) is 6.41. The minimum absolute atomic E-state index is 0.00388. The van der Waals surface area contributed by atoms with E-state index in [0.29, 0.717) is 9.26 Å². The van der Waals surface area contributed by atoms with Crippen molar-refractivity contribution in [2.45, 2.75) is 6.92 Å². The Morgan fingerprint density at radius 1 is 1.47 bits per heavy atom. The molecule has 84 valence electrons. The molecule has 0 unspecified atom stereocenters. The van der Waals surface area contributed by atoms with Gasteiger partial charge in [0.15, 0.2) is 0 Å². The highest BCUT2D eigenvalue weighted by Crippen LogP contribution is 2.24. The van der Waals surface area contributed by atoms with Gasteiger partial charge in [0.25, 0.3) is 0 Å². The van der Waals surface area contributed by atoms with Crippen LogP contribution in [0.25, 0.3) is 0 Å². The third-order valence-electron chi connectivity index (χ3n) is 2.03. The summed E-state index contributed by atoms with van der Waals surface area (Å²) in [7, 11) is -1.90. The van der Waals surface area contributed by atoms with Crippen LogP contribution < -0.4 is 4.31 Å². The zero-order valence-electron chi connectivity index (χ0n) is 8.37. The number of hydrogen-bond donors (Lipinski definition) is 0. The molecule has 0 saturated carbocycles. The fourth-order valence-electron chi connectivity index (χ4n) is 1.07. The largest absolute Gasteiger partial charge is 0.272 e. The highest BCUT2D eigenvalue weighted by Gasteiger charge is 2.18. The van der Waals surface area contributed by atoms with Gasteiger partial charge in [0.1, 0.15) is 5.82 Å². The lowest BCUT2D eigenvalue weighted by Gasteiger charge is -2.19. The Hall–Kier alpha value is -0.370. The van der Waals surface area contributed by atoms with Crippen LogP contribution in [0.1, 0.15) is 6.92 Å². The van der Waals surface area contributed by atoms with Gasteiger partial charge in [-0.3, -0.25) is 4.31 Å². The average molecular weight is 343 g/mol. The first-order valence-electron chi connectivity index (χ1n) is 4.30. The monoisotopic (exact) mass is 343 g/mol. The van der Waals surface area contributed by atoms with E-state index in [1.54, 1.807) is 13.0 Å². The molecule has 0 N–H and O–H groups in total. The Balaban J connectivity index is 3.22. The van der Waals surface area contributed by atoms with Gasteiger partial charge >= 0.3 is 0 Å². The van der Waals surface area contributed by atoms with E-state index in [4.69, 9.17) is 0 Å². The van der Waals surface area contributed by atoms with Gasteiger partial charge in [0.2, 0.25) is 10.0 Å². The third-order valence-corrected chi connectivity index (χ3v) is 4.70. The summed E-state index contributed by atoms with van der Waals surface area (Å²) in [5.41, 5.74) is 0.373. The fraction of sp³-hybridized carbons (Fsp3) is 0.333. The normalized spacial score (nSPS) is 11.5. The Morgan fingerprint density at radius 3 is 2.60 bits per heavy atom. The summed E-state index contributed by atoms with van der Waals surface area (Å²) in [6, 6.07) is 4.07. The average Bonchev–Trinajstić information content (AvgIpc) is 2.20. The van der Waals surface area contributed by atoms with Gasteiger partial charge in [-0.05, 0) is 47.7 Å². The zero-order chi connectivity index (χ0) is 11.6. The van der Waals surface area contributed by atoms with Crippen LogP contribution in [-0.4, -0.2) is 21.2 Å². The van der Waals surface area contributed by atoms with Crippen LogP contribution in [0.2, 0.25) is 0 Å². The Labute approximate surface area is 102 Å². The predicted octanol–water partition coefficient (Wildman–Crippen LogP) is 2.22. The van der Waals surface area contributed by atoms with Gasteiger partial charge < -0.3 is 0 Å². The smallest absolute Gasteiger partial charge is 0.234 e. The summed E-state index contributed by atoms with van der Waals surface area (Å²) in [4.78, 5) is 0. The molecule has 3 nitrogen and oxygen atoms in total. The number of rotatable bonds is 3. The van der Waals surface area contributed by atoms with E-state index in [1.807, 2.05) is 22.6 Å². The topological polar surface area (TPSA) is 37.4 Å². The number of halogens is 2. The molecule has 0 radical (unpaired) electrons. The quantitative estimate of drug-likeness (QED) is 0.790. The highest BCUT2D eigenvalue weighted by atomic mass is 127. The van der Waals surface area contributed by atoms with Crippen molar-refractivity contribution in [3.8, 4) is 0 Å². The van der Waals surface area contributed by atoms with Crippen LogP contribution in [0.4, 0.5) is 10.1 Å². The molecular formula is C9H11FINO2S. The molecule has 0 spiro atoms. The van der Waals surface area contributed by atoms with E-state index in [2.05, 4.69) is 0 Å². The van der Waals surface area contributed by atoms with E-state index in [0.717, 1.165) is 4.31 Å². The lowest BCUT2D eigenvalue weighted by atomic mass is 10.3. The number of sulfonamides is 1. The fourth-order valence-corrected chi connectivity index (χ4v) is 2.77. The molecule has 1 aromatic carbocycles. The van der Waals surface area contributed by atoms with Crippen LogP contribution in [0, 0.1) is 9.39 Å². The predicted molar refractivity (Wildman–Crippen MR) is 67.0 cm³/mol. The summed E-state index contributed by atoms with van der Waals surface area (Å²) >= 11 is 1.98. The second kappa shape index (κ2) is 4.65. The van der Waals surface area contributed by atoms with Crippen LogP contribution in [0.5, 0.6) is 0 Å². The maximum absolute atomic E-state index is 13.0. The molecule has 0 heterocycles. The summed E-state index contributed by atoms with van der Waals surface area (Å²) < 4.78 is 37.9. The highest BCUT2D eigenvalue weighted by molar-refractivity contribution is 14.1. The molecule has 1 rings (SSSR count). The van der Waals surface area contributed by atoms with Gasteiger partial charge in [-0.2, -0.15) is 0 Å². The van der Waals surface area contributed by atoms with Crippen LogP contribution in [0.15, 0.2) is 18.2 Å². The molecule has 0 aliphatic heterocycles. The molecule has 0 aliphatic rings. The van der Waals surface area contributed by atoms with E-state index < -0.39 is 15.8 Å². The zero-order valence-corrected chi connectivity index (χ0v) is 11.3. The molecule has 6 heteroatoms. The van der Waals surface area contributed by atoms with Gasteiger partial charge in [0.05, 0.1) is 11.4 Å². The Bertz CT molecular complexity index is 461. The van der Waals surface area contributed by atoms with Crippen molar-refractivity contribution in [2.24, 2.45) is 0 Å². The first-order valence-corrected chi connectivity index (χ1v) is 6.99. The van der Waals surface area contributed by atoms with Crippen molar-refractivity contribution in [1.29, 1.82) is 0 Å². The maximum Gasteiger partial charge on any atom is 0.234 e. The van der Waals surface area contributed by atoms with Gasteiger partial charge in [-0.25, -0.2) is 12.8 Å². The van der Waals surface area contributed by atoms with Crippen LogP contribution in [-0.2, 0) is 10.0 Å². The summed E-state index contributed by atoms with van der Waals surface area (Å²) in [5.74, 6) is -0.445. The molecule has 0 atom stereocenters. The molecule has 15 heavy (non-hydrogen) atoms. The molecule has 0 bridgehead atoms. The minimum atomic E-state index is -3.33. The second-order valence-electron chi connectivity index (χ2n) is 2.96. The van der Waals surface area contributed by atoms with Crippen LogP contribution >= 0.6 is 22.6 Å². The number of hydrogen-bond acceptors (Lipinski definition) is 2. The molecule has 0 aliphatic carbocycles. The lowest BCUT2D eigenvalue weighted by Crippen LogP contribution is -2.28. The molecule has 0 saturated heterocycles. The maximum atomic E-state index is 13.0. The van der Waals surface area contributed by atoms with Crippen molar-refractivity contribution < 1.29 is 12.8 Å². The molecule has 0 fully saturated rings. The van der Waals surface area contributed by atoms with Crippen molar-refractivity contribution in [3.05, 3.63) is 27.6 Å². The number of benzene rings is 1. The van der Waals surface area contributed by atoms with Gasteiger partial charge in [-0.15, -0.1) is 0 Å². The van der Waals surface area contributed by atoms with Crippen molar-refractivity contribution in [3.63, 3.8) is 0 Å². The van der Waals surface area contributed by atoms with E-state index in [1.165, 1.54) is 19.2 Å². The standard InChI is InChI=1S/C9H11FINO2S/c1-3-15(13,14)12(2)9-6-7(10)4-5-8(9)11/h4-6H,3H2,1-2H3. The minimum Gasteiger partial charge on any atom is -0.272 e. The molecule has 0 amide bonds. The molecular weight excluding hydrogens is 332 g/mol. The Kier molecular flexibility index (Phi) is 3.93. The van der Waals surface area contributed by atoms with E-state index in [-0.39, 0.29) is 5.75 Å². The SMILES string of the molecule is CCS(=O)(=O)N(C)c1cc(F)ccc1I. The summed E-state index contributed by atoms with van der Waals surface area (Å²) in [6.07, 6.45) is 0. The first-order chi connectivity index (χ1) is 6.88. The van der Waals surface area contributed by atoms with Crippen molar-refractivity contribution in [2.75, 3.05) is 17.1 Å². The molecule has 1 aromatic rings. The van der Waals surface area contributed by atoms with E-state index >= 15 is 0 Å². The van der Waals surface area contributed by atoms with Gasteiger partial charge in [0, 0.05) is 10.6 Å². The number of nitrogens with zero attached hydrogens (tertiary/aromatic N) is 1. The van der Waals surface area contributed by atoms with E-state index in [9.17, 15) is 12.8 Å². The van der Waals surface area contributed by atoms with Gasteiger partial charge in [-0.1, -0.05) is 0 Å². The molecule has 0 aromatic heterocycles.